The van der Waals surface area contributed by atoms with E-state index in [4.69, 9.17) is 9.47 Å². The van der Waals surface area contributed by atoms with E-state index in [-0.39, 0.29) is 11.9 Å². The minimum atomic E-state index is -0.305. The Hall–Kier alpha value is -1.35. The lowest BCUT2D eigenvalue weighted by molar-refractivity contribution is 0.0423. The number of ether oxygens (including phenoxy) is 2. The SMILES string of the molecule is CCCC(OCC)C(=O)c1ccc2c(c1)CCO2. The van der Waals surface area contributed by atoms with E-state index in [0.29, 0.717) is 6.61 Å². The zero-order chi connectivity index (χ0) is 13.0. The van der Waals surface area contributed by atoms with Crippen LogP contribution in [0.5, 0.6) is 5.75 Å². The minimum Gasteiger partial charge on any atom is -0.493 e. The molecule has 0 amide bonds. The summed E-state index contributed by atoms with van der Waals surface area (Å²) in [6.45, 7) is 5.28. The zero-order valence-corrected chi connectivity index (χ0v) is 11.1. The Labute approximate surface area is 108 Å². The van der Waals surface area contributed by atoms with Crippen LogP contribution in [0.1, 0.15) is 42.6 Å². The van der Waals surface area contributed by atoms with Gasteiger partial charge in [-0.1, -0.05) is 13.3 Å². The monoisotopic (exact) mass is 248 g/mol. The average molecular weight is 248 g/mol. The van der Waals surface area contributed by atoms with Crippen LogP contribution in [0.4, 0.5) is 0 Å². The van der Waals surface area contributed by atoms with Gasteiger partial charge < -0.3 is 9.47 Å². The van der Waals surface area contributed by atoms with Crippen molar-refractivity contribution in [3.8, 4) is 5.75 Å². The van der Waals surface area contributed by atoms with Gasteiger partial charge in [-0.15, -0.1) is 0 Å². The first-order valence-corrected chi connectivity index (χ1v) is 6.67. The summed E-state index contributed by atoms with van der Waals surface area (Å²) in [6.07, 6.45) is 2.31. The first-order chi connectivity index (χ1) is 8.76. The highest BCUT2D eigenvalue weighted by molar-refractivity contribution is 5.99. The second-order valence-corrected chi connectivity index (χ2v) is 4.52. The van der Waals surface area contributed by atoms with Gasteiger partial charge in [0.25, 0.3) is 0 Å². The predicted octanol–water partition coefficient (Wildman–Crippen LogP) is 3.01. The highest BCUT2D eigenvalue weighted by Crippen LogP contribution is 2.26. The molecule has 1 atom stereocenters. The molecule has 3 nitrogen and oxygen atoms in total. The molecule has 0 spiro atoms. The van der Waals surface area contributed by atoms with E-state index in [9.17, 15) is 4.79 Å². The molecule has 0 saturated carbocycles. The summed E-state index contributed by atoms with van der Waals surface area (Å²) >= 11 is 0. The topological polar surface area (TPSA) is 35.5 Å². The molecule has 2 rings (SSSR count). The van der Waals surface area contributed by atoms with Crippen LogP contribution in [-0.4, -0.2) is 25.1 Å². The summed E-state index contributed by atoms with van der Waals surface area (Å²) in [5, 5.41) is 0. The number of Topliss-reactive ketones (excluding diaryl/α,β-unsaturated/α-hetero) is 1. The maximum Gasteiger partial charge on any atom is 0.191 e. The standard InChI is InChI=1S/C15H20O3/c1-3-5-14(17-4-2)15(16)12-6-7-13-11(10-12)8-9-18-13/h6-7,10,14H,3-5,8-9H2,1-2H3. The molecule has 0 aliphatic carbocycles. The molecule has 1 aliphatic rings. The molecule has 0 bridgehead atoms. The summed E-state index contributed by atoms with van der Waals surface area (Å²) in [5.41, 5.74) is 1.87. The number of ketones is 1. The molecular weight excluding hydrogens is 228 g/mol. The van der Waals surface area contributed by atoms with E-state index in [1.807, 2.05) is 25.1 Å². The largest absolute Gasteiger partial charge is 0.493 e. The third-order valence-electron chi connectivity index (χ3n) is 3.19. The molecule has 0 saturated heterocycles. The Morgan fingerprint density at radius 1 is 1.44 bits per heavy atom. The van der Waals surface area contributed by atoms with Crippen LogP contribution in [0, 0.1) is 0 Å². The number of fused-ring (bicyclic) bond motifs is 1. The summed E-state index contributed by atoms with van der Waals surface area (Å²) in [5.74, 6) is 1.00. The van der Waals surface area contributed by atoms with Crippen molar-refractivity contribution >= 4 is 5.78 Å². The van der Waals surface area contributed by atoms with Crippen molar-refractivity contribution in [1.29, 1.82) is 0 Å². The number of carbonyl (C=O) groups excluding carboxylic acids is 1. The molecule has 18 heavy (non-hydrogen) atoms. The summed E-state index contributed by atoms with van der Waals surface area (Å²) in [6, 6.07) is 5.69. The number of rotatable bonds is 6. The maximum atomic E-state index is 12.4. The highest BCUT2D eigenvalue weighted by atomic mass is 16.5. The Morgan fingerprint density at radius 2 is 2.28 bits per heavy atom. The van der Waals surface area contributed by atoms with Gasteiger partial charge in [0.05, 0.1) is 6.61 Å². The van der Waals surface area contributed by atoms with Crippen LogP contribution in [0.25, 0.3) is 0 Å². The van der Waals surface area contributed by atoms with Crippen molar-refractivity contribution in [2.24, 2.45) is 0 Å². The van der Waals surface area contributed by atoms with Crippen LogP contribution in [0.3, 0.4) is 0 Å². The maximum absolute atomic E-state index is 12.4. The van der Waals surface area contributed by atoms with E-state index in [1.165, 1.54) is 0 Å². The summed E-state index contributed by atoms with van der Waals surface area (Å²) < 4.78 is 11.0. The quantitative estimate of drug-likeness (QED) is 0.726. The van der Waals surface area contributed by atoms with Gasteiger partial charge in [0.2, 0.25) is 0 Å². The lowest BCUT2D eigenvalue weighted by Crippen LogP contribution is -2.24. The minimum absolute atomic E-state index is 0.0911. The third-order valence-corrected chi connectivity index (χ3v) is 3.19. The van der Waals surface area contributed by atoms with E-state index in [1.54, 1.807) is 0 Å². The lowest BCUT2D eigenvalue weighted by atomic mass is 10.00. The normalized spacial score (nSPS) is 15.0. The summed E-state index contributed by atoms with van der Waals surface area (Å²) in [4.78, 5) is 12.4. The second kappa shape index (κ2) is 6.01. The number of hydrogen-bond donors (Lipinski definition) is 0. The molecule has 0 radical (unpaired) electrons. The predicted molar refractivity (Wildman–Crippen MR) is 70.3 cm³/mol. The first kappa shape index (κ1) is 13.1. The van der Waals surface area contributed by atoms with Crippen LogP contribution in [-0.2, 0) is 11.2 Å². The van der Waals surface area contributed by atoms with Crippen LogP contribution < -0.4 is 4.74 Å². The van der Waals surface area contributed by atoms with Gasteiger partial charge in [0, 0.05) is 18.6 Å². The Morgan fingerprint density at radius 3 is 3.00 bits per heavy atom. The fourth-order valence-corrected chi connectivity index (χ4v) is 2.28. The Kier molecular flexibility index (Phi) is 4.37. The smallest absolute Gasteiger partial charge is 0.191 e. The first-order valence-electron chi connectivity index (χ1n) is 6.67. The van der Waals surface area contributed by atoms with E-state index >= 15 is 0 Å². The van der Waals surface area contributed by atoms with E-state index in [0.717, 1.165) is 42.7 Å². The molecule has 1 aliphatic heterocycles. The molecule has 1 aromatic carbocycles. The van der Waals surface area contributed by atoms with Crippen molar-refractivity contribution in [3.63, 3.8) is 0 Å². The third kappa shape index (κ3) is 2.72. The average Bonchev–Trinajstić information content (AvgIpc) is 2.84. The molecule has 98 valence electrons. The van der Waals surface area contributed by atoms with Gasteiger partial charge in [0.1, 0.15) is 11.9 Å². The molecule has 1 aromatic rings. The van der Waals surface area contributed by atoms with Crippen LogP contribution >= 0.6 is 0 Å². The Bertz CT molecular complexity index is 420. The highest BCUT2D eigenvalue weighted by Gasteiger charge is 2.21. The van der Waals surface area contributed by atoms with Crippen molar-refractivity contribution in [3.05, 3.63) is 29.3 Å². The van der Waals surface area contributed by atoms with Gasteiger partial charge in [-0.05, 0) is 37.1 Å². The fourth-order valence-electron chi connectivity index (χ4n) is 2.28. The molecule has 0 aromatic heterocycles. The number of carbonyl (C=O) groups is 1. The number of hydrogen-bond acceptors (Lipinski definition) is 3. The van der Waals surface area contributed by atoms with Gasteiger partial charge in [-0.2, -0.15) is 0 Å². The molecule has 0 N–H and O–H groups in total. The van der Waals surface area contributed by atoms with Crippen molar-refractivity contribution in [2.45, 2.75) is 39.2 Å². The summed E-state index contributed by atoms with van der Waals surface area (Å²) in [7, 11) is 0. The van der Waals surface area contributed by atoms with Gasteiger partial charge in [-0.3, -0.25) is 4.79 Å². The van der Waals surface area contributed by atoms with Gasteiger partial charge >= 0.3 is 0 Å². The van der Waals surface area contributed by atoms with Crippen LogP contribution in [0.15, 0.2) is 18.2 Å². The molecule has 1 heterocycles. The molecule has 0 fully saturated rings. The van der Waals surface area contributed by atoms with Gasteiger partial charge in [0.15, 0.2) is 5.78 Å². The van der Waals surface area contributed by atoms with Crippen molar-refractivity contribution in [2.75, 3.05) is 13.2 Å². The molecular formula is C15H20O3. The molecule has 3 heteroatoms. The number of benzene rings is 1. The fraction of sp³-hybridized carbons (Fsp3) is 0.533. The van der Waals surface area contributed by atoms with E-state index in [2.05, 4.69) is 6.92 Å². The van der Waals surface area contributed by atoms with Crippen molar-refractivity contribution < 1.29 is 14.3 Å². The van der Waals surface area contributed by atoms with Gasteiger partial charge in [-0.25, -0.2) is 0 Å². The van der Waals surface area contributed by atoms with E-state index < -0.39 is 0 Å². The Balaban J connectivity index is 2.16. The van der Waals surface area contributed by atoms with Crippen LogP contribution in [0.2, 0.25) is 0 Å². The molecule has 1 unspecified atom stereocenters. The zero-order valence-electron chi connectivity index (χ0n) is 11.1. The second-order valence-electron chi connectivity index (χ2n) is 4.52. The van der Waals surface area contributed by atoms with Crippen molar-refractivity contribution in [1.82, 2.24) is 0 Å². The lowest BCUT2D eigenvalue weighted by Gasteiger charge is -2.15.